The Balaban J connectivity index is 4.22. The van der Waals surface area contributed by atoms with Gasteiger partial charge in [0.2, 0.25) is 0 Å². The lowest BCUT2D eigenvalue weighted by Crippen LogP contribution is -2.44. The second-order valence-electron chi connectivity index (χ2n) is 5.50. The molecule has 0 aromatic rings. The van der Waals surface area contributed by atoms with Gasteiger partial charge in [-0.15, -0.1) is 0 Å². The van der Waals surface area contributed by atoms with Crippen molar-refractivity contribution in [3.05, 3.63) is 0 Å². The van der Waals surface area contributed by atoms with E-state index >= 15 is 0 Å². The predicted molar refractivity (Wildman–Crippen MR) is 74.7 cm³/mol. The van der Waals surface area contributed by atoms with Crippen molar-refractivity contribution in [1.29, 1.82) is 0 Å². The Morgan fingerprint density at radius 3 is 1.46 bits per heavy atom. The molecule has 0 atom stereocenters. The van der Waals surface area contributed by atoms with E-state index in [1.165, 1.54) is 0 Å². The Kier molecular flexibility index (Phi) is 9.49. The number of amides is 2. The van der Waals surface area contributed by atoms with Gasteiger partial charge in [-0.3, -0.25) is 4.90 Å². The average Bonchev–Trinajstić information content (AvgIpc) is 2.46. The SMILES string of the molecule is O=C(O)N(CCCCCCN(CC(F)(F)C(F)F)C(=O)O)CC(F)(F)F. The van der Waals surface area contributed by atoms with Gasteiger partial charge in [-0.1, -0.05) is 12.8 Å². The van der Waals surface area contributed by atoms with Crippen molar-refractivity contribution in [3.63, 3.8) is 0 Å². The normalized spacial score (nSPS) is 12.3. The van der Waals surface area contributed by atoms with Crippen LogP contribution in [0, 0.1) is 0 Å². The summed E-state index contributed by atoms with van der Waals surface area (Å²) in [7, 11) is 0. The quantitative estimate of drug-likeness (QED) is 0.406. The van der Waals surface area contributed by atoms with Crippen molar-refractivity contribution >= 4 is 12.2 Å². The van der Waals surface area contributed by atoms with Crippen molar-refractivity contribution in [2.45, 2.75) is 44.2 Å². The summed E-state index contributed by atoms with van der Waals surface area (Å²) in [6.45, 7) is -4.15. The van der Waals surface area contributed by atoms with Crippen LogP contribution in [0.3, 0.4) is 0 Å². The molecule has 0 aromatic carbocycles. The summed E-state index contributed by atoms with van der Waals surface area (Å²) in [4.78, 5) is 21.8. The molecule has 0 rings (SSSR count). The lowest BCUT2D eigenvalue weighted by Gasteiger charge is -2.24. The van der Waals surface area contributed by atoms with E-state index in [1.54, 1.807) is 0 Å². The van der Waals surface area contributed by atoms with Crippen LogP contribution >= 0.6 is 0 Å². The predicted octanol–water partition coefficient (Wildman–Crippen LogP) is 3.97. The Morgan fingerprint density at radius 1 is 0.769 bits per heavy atom. The third-order valence-corrected chi connectivity index (χ3v) is 3.24. The highest BCUT2D eigenvalue weighted by Gasteiger charge is 2.43. The zero-order valence-electron chi connectivity index (χ0n) is 13.5. The Bertz CT molecular complexity index is 460. The minimum Gasteiger partial charge on any atom is -0.465 e. The molecule has 0 aliphatic heterocycles. The first-order valence-corrected chi connectivity index (χ1v) is 7.44. The van der Waals surface area contributed by atoms with Gasteiger partial charge in [-0.05, 0) is 12.8 Å². The summed E-state index contributed by atoms with van der Waals surface area (Å²) in [5, 5.41) is 17.4. The molecule has 2 amide bonds. The van der Waals surface area contributed by atoms with E-state index in [0.717, 1.165) is 0 Å². The summed E-state index contributed by atoms with van der Waals surface area (Å²) < 4.78 is 86.4. The monoisotopic (exact) mass is 400 g/mol. The number of unbranched alkanes of at least 4 members (excludes halogenated alkanes) is 3. The molecule has 0 spiro atoms. The Hall–Kier alpha value is -1.95. The maximum absolute atomic E-state index is 12.9. The van der Waals surface area contributed by atoms with E-state index in [9.17, 15) is 40.3 Å². The zero-order valence-corrected chi connectivity index (χ0v) is 13.5. The number of halogens is 7. The molecule has 0 saturated heterocycles. The third-order valence-electron chi connectivity index (χ3n) is 3.24. The molecule has 0 bridgehead atoms. The van der Waals surface area contributed by atoms with Crippen molar-refractivity contribution in [1.82, 2.24) is 9.80 Å². The van der Waals surface area contributed by atoms with Crippen molar-refractivity contribution in [2.75, 3.05) is 26.2 Å². The molecule has 0 saturated carbocycles. The minimum atomic E-state index is -4.68. The number of carboxylic acid groups (broad SMARTS) is 2. The van der Waals surface area contributed by atoms with Crippen LogP contribution in [0.15, 0.2) is 0 Å². The summed E-state index contributed by atoms with van der Waals surface area (Å²) in [5.41, 5.74) is 0. The number of carbonyl (C=O) groups is 2. The van der Waals surface area contributed by atoms with Gasteiger partial charge in [-0.2, -0.15) is 22.0 Å². The highest BCUT2D eigenvalue weighted by molar-refractivity contribution is 5.65. The summed E-state index contributed by atoms with van der Waals surface area (Å²) >= 11 is 0. The molecule has 0 heterocycles. The third kappa shape index (κ3) is 10.1. The van der Waals surface area contributed by atoms with Gasteiger partial charge in [0.05, 0.1) is 6.54 Å². The average molecular weight is 400 g/mol. The number of alkyl halides is 7. The fourth-order valence-electron chi connectivity index (χ4n) is 1.98. The molecule has 154 valence electrons. The largest absolute Gasteiger partial charge is 0.465 e. The maximum atomic E-state index is 12.9. The standard InChI is InChI=1S/C13H19F7N2O4/c14-9(15)12(16,17)7-21(10(23)24)5-3-1-2-4-6-22(11(25)26)8-13(18,19)20/h9H,1-8H2,(H,23,24)(H,25,26). The molecule has 0 fully saturated rings. The molecule has 0 aliphatic rings. The zero-order chi connectivity index (χ0) is 20.5. The van der Waals surface area contributed by atoms with Crippen molar-refractivity contribution in [2.24, 2.45) is 0 Å². The second-order valence-corrected chi connectivity index (χ2v) is 5.50. The van der Waals surface area contributed by atoms with Gasteiger partial charge in [-0.25, -0.2) is 18.4 Å². The number of hydrogen-bond donors (Lipinski definition) is 2. The van der Waals surface area contributed by atoms with E-state index in [2.05, 4.69) is 0 Å². The molecule has 6 nitrogen and oxygen atoms in total. The summed E-state index contributed by atoms with van der Waals surface area (Å²) in [6.07, 6.45) is -11.8. The highest BCUT2D eigenvalue weighted by Crippen LogP contribution is 2.24. The molecule has 0 aromatic heterocycles. The van der Waals surface area contributed by atoms with Crippen LogP contribution in [0.2, 0.25) is 0 Å². The number of rotatable bonds is 11. The Labute approximate surface area is 144 Å². The summed E-state index contributed by atoms with van der Waals surface area (Å²) in [5.74, 6) is -4.49. The summed E-state index contributed by atoms with van der Waals surface area (Å²) in [6, 6.07) is 0. The first kappa shape index (κ1) is 24.1. The molecular formula is C13H19F7N2O4. The van der Waals surface area contributed by atoms with Crippen LogP contribution in [-0.4, -0.2) is 76.9 Å². The lowest BCUT2D eigenvalue weighted by molar-refractivity contribution is -0.142. The number of hydrogen-bond acceptors (Lipinski definition) is 2. The Morgan fingerprint density at radius 2 is 1.15 bits per heavy atom. The van der Waals surface area contributed by atoms with Crippen molar-refractivity contribution < 1.29 is 50.5 Å². The van der Waals surface area contributed by atoms with E-state index in [1.807, 2.05) is 0 Å². The van der Waals surface area contributed by atoms with Crippen LogP contribution in [0.5, 0.6) is 0 Å². The van der Waals surface area contributed by atoms with Gasteiger partial charge in [0.1, 0.15) is 6.54 Å². The van der Waals surface area contributed by atoms with Crippen LogP contribution in [0.1, 0.15) is 25.7 Å². The first-order valence-electron chi connectivity index (χ1n) is 7.44. The van der Waals surface area contributed by atoms with E-state index in [-0.39, 0.29) is 35.5 Å². The van der Waals surface area contributed by atoms with Gasteiger partial charge >= 0.3 is 30.7 Å². The van der Waals surface area contributed by atoms with Crippen LogP contribution in [0.25, 0.3) is 0 Å². The molecule has 2 N–H and O–H groups in total. The van der Waals surface area contributed by atoms with E-state index in [4.69, 9.17) is 10.2 Å². The molecule has 0 radical (unpaired) electrons. The minimum absolute atomic E-state index is 0.0119. The smallest absolute Gasteiger partial charge is 0.407 e. The van der Waals surface area contributed by atoms with E-state index < -0.39 is 56.9 Å². The molecule has 0 aliphatic carbocycles. The van der Waals surface area contributed by atoms with Crippen LogP contribution in [-0.2, 0) is 0 Å². The molecule has 0 unspecified atom stereocenters. The van der Waals surface area contributed by atoms with Crippen LogP contribution < -0.4 is 0 Å². The fourth-order valence-corrected chi connectivity index (χ4v) is 1.98. The topological polar surface area (TPSA) is 81.1 Å². The first-order chi connectivity index (χ1) is 11.8. The van der Waals surface area contributed by atoms with Gasteiger partial charge < -0.3 is 15.1 Å². The lowest BCUT2D eigenvalue weighted by atomic mass is 10.1. The van der Waals surface area contributed by atoms with Crippen molar-refractivity contribution in [3.8, 4) is 0 Å². The molecule has 26 heavy (non-hydrogen) atoms. The fraction of sp³-hybridized carbons (Fsp3) is 0.846. The second kappa shape index (κ2) is 10.3. The van der Waals surface area contributed by atoms with Crippen LogP contribution in [0.4, 0.5) is 40.3 Å². The van der Waals surface area contributed by atoms with Gasteiger partial charge in [0, 0.05) is 13.1 Å². The van der Waals surface area contributed by atoms with E-state index in [0.29, 0.717) is 0 Å². The maximum Gasteiger partial charge on any atom is 0.407 e. The molecule has 13 heteroatoms. The molecular weight excluding hydrogens is 381 g/mol. The highest BCUT2D eigenvalue weighted by atomic mass is 19.4. The van der Waals surface area contributed by atoms with Gasteiger partial charge in [0.15, 0.2) is 0 Å². The van der Waals surface area contributed by atoms with Gasteiger partial charge in [0.25, 0.3) is 0 Å². The number of nitrogens with zero attached hydrogens (tertiary/aromatic N) is 2.